The first-order valence-electron chi connectivity index (χ1n) is 6.89. The fraction of sp³-hybridized carbons (Fsp3) is 0.533. The fourth-order valence-corrected chi connectivity index (χ4v) is 2.57. The number of benzene rings is 1. The van der Waals surface area contributed by atoms with Crippen molar-refractivity contribution in [3.05, 3.63) is 30.3 Å². The maximum absolute atomic E-state index is 12.3. The monoisotopic (exact) mass is 294 g/mol. The van der Waals surface area contributed by atoms with Crippen molar-refractivity contribution >= 4 is 11.7 Å². The highest BCUT2D eigenvalue weighted by Gasteiger charge is 2.39. The molecule has 1 heterocycles. The van der Waals surface area contributed by atoms with E-state index in [9.17, 15) is 4.79 Å². The van der Waals surface area contributed by atoms with E-state index in [4.69, 9.17) is 14.2 Å². The molecule has 2 atom stereocenters. The van der Waals surface area contributed by atoms with E-state index >= 15 is 0 Å². The summed E-state index contributed by atoms with van der Waals surface area (Å²) in [7, 11) is 4.85. The number of hydrogen-bond donors (Lipinski definition) is 1. The molecule has 0 radical (unpaired) electrons. The number of ether oxygens (including phenoxy) is 3. The molecule has 1 fully saturated rings. The van der Waals surface area contributed by atoms with E-state index in [0.717, 1.165) is 5.69 Å². The number of nitrogens with one attached hydrogen (secondary N) is 1. The van der Waals surface area contributed by atoms with Gasteiger partial charge in [0.25, 0.3) is 0 Å². The van der Waals surface area contributed by atoms with Crippen molar-refractivity contribution in [2.24, 2.45) is 0 Å². The van der Waals surface area contributed by atoms with Crippen molar-refractivity contribution in [3.63, 3.8) is 0 Å². The fourth-order valence-electron chi connectivity index (χ4n) is 2.57. The molecular weight excluding hydrogens is 272 g/mol. The zero-order valence-electron chi connectivity index (χ0n) is 12.6. The third-order valence-electron chi connectivity index (χ3n) is 3.72. The lowest BCUT2D eigenvalue weighted by atomic mass is 10.0. The zero-order chi connectivity index (χ0) is 15.2. The molecule has 1 aliphatic rings. The lowest BCUT2D eigenvalue weighted by Crippen LogP contribution is -2.59. The number of likely N-dealkylation sites (tertiary alicyclic amines) is 1. The molecule has 2 amide bonds. The number of carbonyl (C=O) groups excluding carboxylic acids is 1. The summed E-state index contributed by atoms with van der Waals surface area (Å²) in [6.45, 7) is 0.932. The first-order valence-corrected chi connectivity index (χ1v) is 6.89. The standard InChI is InChI=1S/C15H22N2O4/c1-19-12-9-17(10-13(20-2)14(12)21-3)15(18)16-11-7-5-4-6-8-11/h4-8,12-14H,9-10H2,1-3H3,(H,16,18). The lowest BCUT2D eigenvalue weighted by molar-refractivity contribution is -0.138. The maximum Gasteiger partial charge on any atom is 0.322 e. The van der Waals surface area contributed by atoms with Gasteiger partial charge in [0, 0.05) is 27.0 Å². The Morgan fingerprint density at radius 1 is 1.05 bits per heavy atom. The van der Waals surface area contributed by atoms with Gasteiger partial charge in [-0.2, -0.15) is 0 Å². The van der Waals surface area contributed by atoms with Crippen LogP contribution >= 0.6 is 0 Å². The first kappa shape index (κ1) is 15.8. The Kier molecular flexibility index (Phi) is 5.55. The molecule has 1 aromatic rings. The van der Waals surface area contributed by atoms with Crippen LogP contribution in [0.15, 0.2) is 30.3 Å². The van der Waals surface area contributed by atoms with Crippen LogP contribution in [0.1, 0.15) is 0 Å². The quantitative estimate of drug-likeness (QED) is 0.916. The van der Waals surface area contributed by atoms with Crippen LogP contribution in [0.4, 0.5) is 10.5 Å². The molecule has 1 aromatic carbocycles. The number of hydrogen-bond acceptors (Lipinski definition) is 4. The molecule has 21 heavy (non-hydrogen) atoms. The molecular formula is C15H22N2O4. The zero-order valence-corrected chi connectivity index (χ0v) is 12.6. The topological polar surface area (TPSA) is 60.0 Å². The molecule has 0 aliphatic carbocycles. The number of para-hydroxylation sites is 1. The Morgan fingerprint density at radius 2 is 1.62 bits per heavy atom. The highest BCUT2D eigenvalue weighted by atomic mass is 16.6. The van der Waals surface area contributed by atoms with Gasteiger partial charge in [0.1, 0.15) is 18.3 Å². The Labute approximate surface area is 125 Å². The molecule has 2 unspecified atom stereocenters. The highest BCUT2D eigenvalue weighted by molar-refractivity contribution is 5.89. The molecule has 0 spiro atoms. The number of piperidine rings is 1. The van der Waals surface area contributed by atoms with E-state index in [2.05, 4.69) is 5.32 Å². The first-order chi connectivity index (χ1) is 10.2. The molecule has 6 nitrogen and oxygen atoms in total. The lowest BCUT2D eigenvalue weighted by Gasteiger charge is -2.41. The van der Waals surface area contributed by atoms with Gasteiger partial charge in [0.15, 0.2) is 0 Å². The van der Waals surface area contributed by atoms with Gasteiger partial charge in [-0.05, 0) is 12.1 Å². The van der Waals surface area contributed by atoms with Gasteiger partial charge in [0.05, 0.1) is 13.1 Å². The summed E-state index contributed by atoms with van der Waals surface area (Å²) < 4.78 is 16.3. The number of rotatable bonds is 4. The predicted molar refractivity (Wildman–Crippen MR) is 79.4 cm³/mol. The van der Waals surface area contributed by atoms with Crippen molar-refractivity contribution in [3.8, 4) is 0 Å². The van der Waals surface area contributed by atoms with Crippen molar-refractivity contribution in [2.45, 2.75) is 18.3 Å². The number of nitrogens with zero attached hydrogens (tertiary/aromatic N) is 1. The third kappa shape index (κ3) is 3.72. The van der Waals surface area contributed by atoms with Crippen LogP contribution < -0.4 is 5.32 Å². The van der Waals surface area contributed by atoms with E-state index in [-0.39, 0.29) is 24.3 Å². The molecule has 1 aliphatic heterocycles. The Hall–Kier alpha value is -1.63. The van der Waals surface area contributed by atoms with Crippen molar-refractivity contribution in [2.75, 3.05) is 39.7 Å². The Morgan fingerprint density at radius 3 is 2.10 bits per heavy atom. The van der Waals surface area contributed by atoms with Crippen molar-refractivity contribution < 1.29 is 19.0 Å². The average molecular weight is 294 g/mol. The van der Waals surface area contributed by atoms with Crippen LogP contribution in [0.2, 0.25) is 0 Å². The second-order valence-corrected chi connectivity index (χ2v) is 4.95. The van der Waals surface area contributed by atoms with Gasteiger partial charge in [-0.3, -0.25) is 0 Å². The second-order valence-electron chi connectivity index (χ2n) is 4.95. The number of anilines is 1. The van der Waals surface area contributed by atoms with E-state index in [1.54, 1.807) is 26.2 Å². The van der Waals surface area contributed by atoms with E-state index in [0.29, 0.717) is 13.1 Å². The van der Waals surface area contributed by atoms with E-state index < -0.39 is 0 Å². The number of amides is 2. The van der Waals surface area contributed by atoms with Crippen LogP contribution in [0, 0.1) is 0 Å². The SMILES string of the molecule is COC1CN(C(=O)Nc2ccccc2)CC(OC)C1OC. The average Bonchev–Trinajstić information content (AvgIpc) is 2.54. The second kappa shape index (κ2) is 7.40. The smallest absolute Gasteiger partial charge is 0.322 e. The summed E-state index contributed by atoms with van der Waals surface area (Å²) >= 11 is 0. The number of carbonyl (C=O) groups is 1. The number of methoxy groups -OCH3 is 3. The number of urea groups is 1. The normalized spacial score (nSPS) is 25.7. The van der Waals surface area contributed by atoms with Crippen molar-refractivity contribution in [1.29, 1.82) is 0 Å². The third-order valence-corrected chi connectivity index (χ3v) is 3.72. The van der Waals surface area contributed by atoms with Crippen LogP contribution in [0.5, 0.6) is 0 Å². The van der Waals surface area contributed by atoms with Gasteiger partial charge in [-0.25, -0.2) is 4.79 Å². The summed E-state index contributed by atoms with van der Waals surface area (Å²) in [6, 6.07) is 9.19. The van der Waals surface area contributed by atoms with Gasteiger partial charge in [-0.1, -0.05) is 18.2 Å². The van der Waals surface area contributed by atoms with Crippen LogP contribution in [-0.2, 0) is 14.2 Å². The van der Waals surface area contributed by atoms with Crippen molar-refractivity contribution in [1.82, 2.24) is 4.90 Å². The summed E-state index contributed by atoms with van der Waals surface area (Å²) in [5, 5.41) is 2.87. The van der Waals surface area contributed by atoms with Gasteiger partial charge >= 0.3 is 6.03 Å². The molecule has 6 heteroatoms. The van der Waals surface area contributed by atoms with Gasteiger partial charge < -0.3 is 24.4 Å². The Bertz CT molecular complexity index is 440. The minimum Gasteiger partial charge on any atom is -0.377 e. The van der Waals surface area contributed by atoms with Gasteiger partial charge in [0.2, 0.25) is 0 Å². The van der Waals surface area contributed by atoms with Gasteiger partial charge in [-0.15, -0.1) is 0 Å². The molecule has 116 valence electrons. The minimum atomic E-state index is -0.213. The molecule has 0 bridgehead atoms. The predicted octanol–water partition coefficient (Wildman–Crippen LogP) is 1.58. The van der Waals surface area contributed by atoms with E-state index in [1.807, 2.05) is 30.3 Å². The molecule has 0 saturated carbocycles. The minimum absolute atomic E-state index is 0.167. The van der Waals surface area contributed by atoms with Crippen LogP contribution in [-0.4, -0.2) is 63.7 Å². The van der Waals surface area contributed by atoms with Crippen LogP contribution in [0.3, 0.4) is 0 Å². The molecule has 0 aromatic heterocycles. The van der Waals surface area contributed by atoms with Crippen LogP contribution in [0.25, 0.3) is 0 Å². The molecule has 1 N–H and O–H groups in total. The largest absolute Gasteiger partial charge is 0.377 e. The van der Waals surface area contributed by atoms with E-state index in [1.165, 1.54) is 0 Å². The molecule has 2 rings (SSSR count). The summed E-state index contributed by atoms with van der Waals surface area (Å²) in [6.07, 6.45) is -0.605. The highest BCUT2D eigenvalue weighted by Crippen LogP contribution is 2.20. The Balaban J connectivity index is 2.04. The summed E-state index contributed by atoms with van der Waals surface area (Å²) in [5.41, 5.74) is 0.763. The summed E-state index contributed by atoms with van der Waals surface area (Å²) in [4.78, 5) is 14.0. The molecule has 1 saturated heterocycles. The summed E-state index contributed by atoms with van der Waals surface area (Å²) in [5.74, 6) is 0. The maximum atomic E-state index is 12.3.